The maximum atomic E-state index is 3.86. The Morgan fingerprint density at radius 2 is 1.82 bits per heavy atom. The highest BCUT2D eigenvalue weighted by Crippen LogP contribution is 2.34. The lowest BCUT2D eigenvalue weighted by atomic mass is 9.79. The zero-order valence-electron chi connectivity index (χ0n) is 11.5. The first-order valence-electron chi connectivity index (χ1n) is 7.74. The van der Waals surface area contributed by atoms with E-state index in [9.17, 15) is 0 Å². The summed E-state index contributed by atoms with van der Waals surface area (Å²) in [5.74, 6) is 1.92. The number of rotatable bonds is 4. The first-order chi connectivity index (χ1) is 8.24. The van der Waals surface area contributed by atoms with E-state index in [0.717, 1.165) is 30.0 Å². The zero-order valence-corrected chi connectivity index (χ0v) is 11.5. The molecule has 2 heteroatoms. The van der Waals surface area contributed by atoms with Crippen LogP contribution >= 0.6 is 0 Å². The van der Waals surface area contributed by atoms with Crippen molar-refractivity contribution in [2.45, 2.75) is 70.5 Å². The van der Waals surface area contributed by atoms with E-state index in [-0.39, 0.29) is 0 Å². The molecule has 17 heavy (non-hydrogen) atoms. The molecule has 0 aromatic heterocycles. The maximum Gasteiger partial charge on any atom is 0.0200 e. The molecule has 98 valence electrons. The van der Waals surface area contributed by atoms with E-state index in [1.807, 2.05) is 0 Å². The van der Waals surface area contributed by atoms with Gasteiger partial charge in [0, 0.05) is 31.2 Å². The molecule has 0 aromatic carbocycles. The minimum absolute atomic E-state index is 0.789. The molecule has 0 bridgehead atoms. The number of likely N-dealkylation sites (tertiary alicyclic amines) is 1. The van der Waals surface area contributed by atoms with Gasteiger partial charge < -0.3 is 5.32 Å². The van der Waals surface area contributed by atoms with Gasteiger partial charge in [0.25, 0.3) is 0 Å². The van der Waals surface area contributed by atoms with Crippen LogP contribution in [0.15, 0.2) is 0 Å². The lowest BCUT2D eigenvalue weighted by molar-refractivity contribution is 0.0327. The fraction of sp³-hybridized carbons (Fsp3) is 1.00. The minimum atomic E-state index is 0.789. The highest BCUT2D eigenvalue weighted by Gasteiger charge is 2.37. The third-order valence-electron chi connectivity index (χ3n) is 5.06. The molecule has 0 spiro atoms. The summed E-state index contributed by atoms with van der Waals surface area (Å²) in [5, 5.41) is 3.86. The van der Waals surface area contributed by atoms with Gasteiger partial charge in [0.1, 0.15) is 0 Å². The van der Waals surface area contributed by atoms with Crippen LogP contribution in [0.25, 0.3) is 0 Å². The minimum Gasteiger partial charge on any atom is -0.310 e. The van der Waals surface area contributed by atoms with Crippen molar-refractivity contribution < 1.29 is 0 Å². The van der Waals surface area contributed by atoms with Gasteiger partial charge >= 0.3 is 0 Å². The van der Waals surface area contributed by atoms with Crippen LogP contribution in [-0.4, -0.2) is 36.1 Å². The predicted molar refractivity (Wildman–Crippen MR) is 72.1 cm³/mol. The van der Waals surface area contributed by atoms with Crippen LogP contribution in [0.3, 0.4) is 0 Å². The van der Waals surface area contributed by atoms with E-state index in [0.29, 0.717) is 0 Å². The average Bonchev–Trinajstić information content (AvgIpc) is 3.08. The molecule has 0 aromatic rings. The molecule has 0 amide bonds. The molecule has 2 nitrogen and oxygen atoms in total. The first-order valence-corrected chi connectivity index (χ1v) is 7.74. The van der Waals surface area contributed by atoms with Crippen molar-refractivity contribution in [3.05, 3.63) is 0 Å². The van der Waals surface area contributed by atoms with Gasteiger partial charge in [-0.3, -0.25) is 4.90 Å². The summed E-state index contributed by atoms with van der Waals surface area (Å²) in [4.78, 5) is 2.80. The maximum absolute atomic E-state index is 3.86. The van der Waals surface area contributed by atoms with E-state index in [4.69, 9.17) is 0 Å². The number of nitrogens with one attached hydrogen (secondary N) is 1. The number of hydrogen-bond acceptors (Lipinski definition) is 2. The van der Waals surface area contributed by atoms with Crippen molar-refractivity contribution in [2.24, 2.45) is 11.8 Å². The monoisotopic (exact) mass is 236 g/mol. The van der Waals surface area contributed by atoms with Crippen LogP contribution in [0.4, 0.5) is 0 Å². The van der Waals surface area contributed by atoms with Crippen LogP contribution in [0.2, 0.25) is 0 Å². The van der Waals surface area contributed by atoms with Gasteiger partial charge in [-0.2, -0.15) is 0 Å². The fourth-order valence-electron chi connectivity index (χ4n) is 3.70. The Morgan fingerprint density at radius 3 is 2.41 bits per heavy atom. The molecular weight excluding hydrogens is 208 g/mol. The third-order valence-corrected chi connectivity index (χ3v) is 5.06. The summed E-state index contributed by atoms with van der Waals surface area (Å²) in [6.45, 7) is 7.46. The quantitative estimate of drug-likeness (QED) is 0.807. The molecule has 1 aliphatic heterocycles. The summed E-state index contributed by atoms with van der Waals surface area (Å²) < 4.78 is 0. The van der Waals surface area contributed by atoms with E-state index >= 15 is 0 Å². The first kappa shape index (κ1) is 12.0. The van der Waals surface area contributed by atoms with Crippen molar-refractivity contribution in [2.75, 3.05) is 13.1 Å². The number of hydrogen-bond donors (Lipinski definition) is 1. The zero-order chi connectivity index (χ0) is 11.8. The number of piperidine rings is 1. The molecule has 2 aliphatic carbocycles. The van der Waals surface area contributed by atoms with Gasteiger partial charge in [0.05, 0.1) is 0 Å². The number of nitrogens with zero attached hydrogens (tertiary/aromatic N) is 1. The van der Waals surface area contributed by atoms with Crippen LogP contribution < -0.4 is 5.32 Å². The largest absolute Gasteiger partial charge is 0.310 e. The van der Waals surface area contributed by atoms with Gasteiger partial charge in [0.2, 0.25) is 0 Å². The Morgan fingerprint density at radius 1 is 1.06 bits per heavy atom. The highest BCUT2D eigenvalue weighted by atomic mass is 15.2. The molecule has 1 N–H and O–H groups in total. The Labute approximate surface area is 106 Å². The molecule has 1 saturated heterocycles. The second-order valence-electron chi connectivity index (χ2n) is 6.83. The Kier molecular flexibility index (Phi) is 3.45. The highest BCUT2D eigenvalue weighted by molar-refractivity contribution is 4.94. The summed E-state index contributed by atoms with van der Waals surface area (Å²) in [6.07, 6.45) is 8.54. The molecule has 3 rings (SSSR count). The summed E-state index contributed by atoms with van der Waals surface area (Å²) in [5.41, 5.74) is 0. The molecule has 2 unspecified atom stereocenters. The third kappa shape index (κ3) is 2.85. The van der Waals surface area contributed by atoms with Crippen LogP contribution in [0, 0.1) is 11.8 Å². The SMILES string of the molecule is CCC1CC(NC2CC2)CN(C2CC(C)C2)C1. The lowest BCUT2D eigenvalue weighted by Gasteiger charge is -2.47. The molecule has 3 aliphatic rings. The van der Waals surface area contributed by atoms with Crippen molar-refractivity contribution in [3.8, 4) is 0 Å². The van der Waals surface area contributed by atoms with Gasteiger partial charge in [-0.05, 0) is 43.9 Å². The van der Waals surface area contributed by atoms with Crippen molar-refractivity contribution >= 4 is 0 Å². The van der Waals surface area contributed by atoms with E-state index in [1.54, 1.807) is 0 Å². The molecule has 2 saturated carbocycles. The Balaban J connectivity index is 1.55. The molecule has 3 fully saturated rings. The molecule has 2 atom stereocenters. The Hall–Kier alpha value is -0.0800. The van der Waals surface area contributed by atoms with Crippen LogP contribution in [0.5, 0.6) is 0 Å². The van der Waals surface area contributed by atoms with E-state index in [1.165, 1.54) is 51.6 Å². The normalized spacial score (nSPS) is 43.4. The second kappa shape index (κ2) is 4.89. The second-order valence-corrected chi connectivity index (χ2v) is 6.83. The predicted octanol–water partition coefficient (Wildman–Crippen LogP) is 2.64. The van der Waals surface area contributed by atoms with Gasteiger partial charge in [-0.1, -0.05) is 20.3 Å². The fourth-order valence-corrected chi connectivity index (χ4v) is 3.70. The molecular formula is C15H28N2. The van der Waals surface area contributed by atoms with Crippen LogP contribution in [0.1, 0.15) is 52.4 Å². The standard InChI is InChI=1S/C15H28N2/c1-3-12-8-14(16-13-4-5-13)10-17(9-12)15-6-11(2)7-15/h11-16H,3-10H2,1-2H3. The van der Waals surface area contributed by atoms with E-state index < -0.39 is 0 Å². The lowest BCUT2D eigenvalue weighted by Crippen LogP contribution is -2.55. The summed E-state index contributed by atoms with van der Waals surface area (Å²) >= 11 is 0. The summed E-state index contributed by atoms with van der Waals surface area (Å²) in [6, 6.07) is 2.58. The average molecular weight is 236 g/mol. The summed E-state index contributed by atoms with van der Waals surface area (Å²) in [7, 11) is 0. The topological polar surface area (TPSA) is 15.3 Å². The smallest absolute Gasteiger partial charge is 0.0200 e. The van der Waals surface area contributed by atoms with Gasteiger partial charge in [0.15, 0.2) is 0 Å². The van der Waals surface area contributed by atoms with Crippen LogP contribution in [-0.2, 0) is 0 Å². The van der Waals surface area contributed by atoms with Crippen molar-refractivity contribution in [3.63, 3.8) is 0 Å². The van der Waals surface area contributed by atoms with Gasteiger partial charge in [-0.15, -0.1) is 0 Å². The molecule has 1 heterocycles. The van der Waals surface area contributed by atoms with E-state index in [2.05, 4.69) is 24.1 Å². The van der Waals surface area contributed by atoms with Crippen molar-refractivity contribution in [1.82, 2.24) is 10.2 Å². The van der Waals surface area contributed by atoms with Gasteiger partial charge in [-0.25, -0.2) is 0 Å². The Bertz CT molecular complexity index is 256. The molecule has 0 radical (unpaired) electrons. The van der Waals surface area contributed by atoms with Crippen molar-refractivity contribution in [1.29, 1.82) is 0 Å².